The Kier molecular flexibility index (Phi) is 3.08. The molecular formula is C10H17N3O2. The number of hydrogen-bond acceptors (Lipinski definition) is 2. The summed E-state index contributed by atoms with van der Waals surface area (Å²) in [5.74, 6) is 0.0763. The fourth-order valence-electron chi connectivity index (χ4n) is 1.82. The lowest BCUT2D eigenvalue weighted by atomic mass is 9.93. The molecule has 3 amide bonds. The van der Waals surface area contributed by atoms with Crippen molar-refractivity contribution in [1.29, 1.82) is 0 Å². The molecular weight excluding hydrogens is 194 g/mol. The summed E-state index contributed by atoms with van der Waals surface area (Å²) in [6, 6.07) is 0.354. The van der Waals surface area contributed by atoms with E-state index in [-0.39, 0.29) is 18.0 Å². The summed E-state index contributed by atoms with van der Waals surface area (Å²) in [7, 11) is 0. The van der Waals surface area contributed by atoms with Gasteiger partial charge in [0.15, 0.2) is 0 Å². The second kappa shape index (κ2) is 4.51. The summed E-state index contributed by atoms with van der Waals surface area (Å²) < 4.78 is 0. The first-order chi connectivity index (χ1) is 7.24. The molecule has 5 nitrogen and oxygen atoms in total. The van der Waals surface area contributed by atoms with E-state index in [1.54, 1.807) is 0 Å². The topological polar surface area (TPSA) is 70.2 Å². The molecule has 1 unspecified atom stereocenters. The zero-order valence-electron chi connectivity index (χ0n) is 8.71. The van der Waals surface area contributed by atoms with E-state index in [1.807, 2.05) is 0 Å². The first kappa shape index (κ1) is 10.3. The van der Waals surface area contributed by atoms with Crippen molar-refractivity contribution < 1.29 is 9.59 Å². The maximum atomic E-state index is 11.5. The van der Waals surface area contributed by atoms with E-state index in [0.717, 1.165) is 19.3 Å². The van der Waals surface area contributed by atoms with Crippen molar-refractivity contribution in [2.24, 2.45) is 0 Å². The first-order valence-corrected chi connectivity index (χ1v) is 5.58. The van der Waals surface area contributed by atoms with Gasteiger partial charge in [-0.15, -0.1) is 0 Å². The highest BCUT2D eigenvalue weighted by Gasteiger charge is 2.22. The number of hydrogen-bond donors (Lipinski definition) is 3. The maximum absolute atomic E-state index is 11.5. The summed E-state index contributed by atoms with van der Waals surface area (Å²) in [6.07, 6.45) is 4.65. The molecule has 1 saturated heterocycles. The number of nitrogens with one attached hydrogen (secondary N) is 3. The number of carbonyl (C=O) groups excluding carboxylic acids is 2. The minimum atomic E-state index is -0.0964. The minimum absolute atomic E-state index is 0.0763. The van der Waals surface area contributed by atoms with Crippen molar-refractivity contribution in [2.75, 3.05) is 6.54 Å². The lowest BCUT2D eigenvalue weighted by Crippen LogP contribution is -2.53. The molecule has 2 aliphatic rings. The van der Waals surface area contributed by atoms with Crippen molar-refractivity contribution in [3.63, 3.8) is 0 Å². The van der Waals surface area contributed by atoms with E-state index in [2.05, 4.69) is 16.0 Å². The van der Waals surface area contributed by atoms with E-state index >= 15 is 0 Å². The SMILES string of the molecule is O=C1CCC(NC(=O)NC2CCC2)CN1. The van der Waals surface area contributed by atoms with Crippen LogP contribution in [0.1, 0.15) is 32.1 Å². The van der Waals surface area contributed by atoms with E-state index in [4.69, 9.17) is 0 Å². The van der Waals surface area contributed by atoms with Gasteiger partial charge in [-0.1, -0.05) is 0 Å². The van der Waals surface area contributed by atoms with E-state index < -0.39 is 0 Å². The van der Waals surface area contributed by atoms with Gasteiger partial charge in [0.2, 0.25) is 5.91 Å². The van der Waals surface area contributed by atoms with Crippen LogP contribution >= 0.6 is 0 Å². The highest BCUT2D eigenvalue weighted by atomic mass is 16.2. The number of urea groups is 1. The largest absolute Gasteiger partial charge is 0.354 e. The number of piperidine rings is 1. The average molecular weight is 211 g/mol. The summed E-state index contributed by atoms with van der Waals surface area (Å²) in [5, 5.41) is 8.52. The highest BCUT2D eigenvalue weighted by Crippen LogP contribution is 2.17. The third-order valence-electron chi connectivity index (χ3n) is 3.04. The molecule has 84 valence electrons. The molecule has 1 saturated carbocycles. The third kappa shape index (κ3) is 2.84. The molecule has 2 fully saturated rings. The molecule has 1 aliphatic heterocycles. The summed E-state index contributed by atoms with van der Waals surface area (Å²) in [4.78, 5) is 22.3. The molecule has 15 heavy (non-hydrogen) atoms. The van der Waals surface area contributed by atoms with Gasteiger partial charge in [-0.05, 0) is 25.7 Å². The summed E-state index contributed by atoms with van der Waals surface area (Å²) >= 11 is 0. The van der Waals surface area contributed by atoms with Gasteiger partial charge in [0.1, 0.15) is 0 Å². The fourth-order valence-corrected chi connectivity index (χ4v) is 1.82. The lowest BCUT2D eigenvalue weighted by molar-refractivity contribution is -0.122. The molecule has 5 heteroatoms. The Bertz CT molecular complexity index is 253. The van der Waals surface area contributed by atoms with E-state index in [9.17, 15) is 9.59 Å². The lowest BCUT2D eigenvalue weighted by Gasteiger charge is -2.29. The van der Waals surface area contributed by atoms with Crippen LogP contribution in [0.4, 0.5) is 4.79 Å². The van der Waals surface area contributed by atoms with Gasteiger partial charge in [-0.25, -0.2) is 4.79 Å². The van der Waals surface area contributed by atoms with Gasteiger partial charge in [-0.2, -0.15) is 0 Å². The quantitative estimate of drug-likeness (QED) is 0.607. The van der Waals surface area contributed by atoms with Crippen LogP contribution < -0.4 is 16.0 Å². The average Bonchev–Trinajstić information content (AvgIpc) is 2.16. The fraction of sp³-hybridized carbons (Fsp3) is 0.800. The van der Waals surface area contributed by atoms with Crippen LogP contribution in [0.3, 0.4) is 0 Å². The molecule has 0 aromatic rings. The number of rotatable bonds is 2. The molecule has 2 rings (SSSR count). The standard InChI is InChI=1S/C10H17N3O2/c14-9-5-4-8(6-11-9)13-10(15)12-7-2-1-3-7/h7-8H,1-6H2,(H,11,14)(H2,12,13,15). The Balaban J connectivity index is 1.66. The van der Waals surface area contributed by atoms with Gasteiger partial charge >= 0.3 is 6.03 Å². The Morgan fingerprint density at radius 2 is 1.93 bits per heavy atom. The van der Waals surface area contributed by atoms with Crippen molar-refractivity contribution in [2.45, 2.75) is 44.2 Å². The Hall–Kier alpha value is -1.26. The van der Waals surface area contributed by atoms with E-state index in [1.165, 1.54) is 6.42 Å². The summed E-state index contributed by atoms with van der Waals surface area (Å²) in [6.45, 7) is 0.552. The predicted molar refractivity (Wildman–Crippen MR) is 55.3 cm³/mol. The summed E-state index contributed by atoms with van der Waals surface area (Å²) in [5.41, 5.74) is 0. The minimum Gasteiger partial charge on any atom is -0.354 e. The van der Waals surface area contributed by atoms with Crippen LogP contribution in [0, 0.1) is 0 Å². The van der Waals surface area contributed by atoms with Crippen LogP contribution in [0.2, 0.25) is 0 Å². The van der Waals surface area contributed by atoms with Crippen molar-refractivity contribution in [3.8, 4) is 0 Å². The molecule has 1 atom stereocenters. The molecule has 0 radical (unpaired) electrons. The van der Waals surface area contributed by atoms with Crippen LogP contribution in [0.5, 0.6) is 0 Å². The molecule has 0 aromatic heterocycles. The Morgan fingerprint density at radius 3 is 2.47 bits per heavy atom. The van der Waals surface area contributed by atoms with Crippen molar-refractivity contribution in [1.82, 2.24) is 16.0 Å². The zero-order chi connectivity index (χ0) is 10.7. The van der Waals surface area contributed by atoms with Gasteiger partial charge in [-0.3, -0.25) is 4.79 Å². The van der Waals surface area contributed by atoms with Gasteiger partial charge in [0.05, 0.1) is 0 Å². The number of carbonyl (C=O) groups is 2. The maximum Gasteiger partial charge on any atom is 0.315 e. The predicted octanol–water partition coefficient (Wildman–Crippen LogP) is 0.117. The van der Waals surface area contributed by atoms with Crippen LogP contribution in [0.15, 0.2) is 0 Å². The monoisotopic (exact) mass is 211 g/mol. The van der Waals surface area contributed by atoms with Crippen LogP contribution in [-0.4, -0.2) is 30.6 Å². The second-order valence-corrected chi connectivity index (χ2v) is 4.29. The molecule has 0 bridgehead atoms. The Morgan fingerprint density at radius 1 is 1.20 bits per heavy atom. The van der Waals surface area contributed by atoms with Crippen molar-refractivity contribution >= 4 is 11.9 Å². The van der Waals surface area contributed by atoms with Crippen molar-refractivity contribution in [3.05, 3.63) is 0 Å². The Labute approximate surface area is 89.0 Å². The van der Waals surface area contributed by atoms with Crippen LogP contribution in [0.25, 0.3) is 0 Å². The van der Waals surface area contributed by atoms with E-state index in [0.29, 0.717) is 19.0 Å². The first-order valence-electron chi connectivity index (χ1n) is 5.58. The molecule has 1 heterocycles. The molecule has 3 N–H and O–H groups in total. The van der Waals surface area contributed by atoms with Gasteiger partial charge in [0, 0.05) is 25.0 Å². The second-order valence-electron chi connectivity index (χ2n) is 4.29. The highest BCUT2D eigenvalue weighted by molar-refractivity contribution is 5.78. The zero-order valence-corrected chi connectivity index (χ0v) is 8.71. The molecule has 0 aromatic carbocycles. The number of amides is 3. The van der Waals surface area contributed by atoms with Gasteiger partial charge in [0.25, 0.3) is 0 Å². The molecule has 0 spiro atoms. The normalized spacial score (nSPS) is 26.4. The third-order valence-corrected chi connectivity index (χ3v) is 3.04. The van der Waals surface area contributed by atoms with Gasteiger partial charge < -0.3 is 16.0 Å². The smallest absolute Gasteiger partial charge is 0.315 e. The van der Waals surface area contributed by atoms with Crippen LogP contribution in [-0.2, 0) is 4.79 Å². The molecule has 1 aliphatic carbocycles.